The summed E-state index contributed by atoms with van der Waals surface area (Å²) in [5.74, 6) is 0. The number of fused-ring (bicyclic) bond motifs is 2. The Balaban J connectivity index is 1.53. The zero-order valence-electron chi connectivity index (χ0n) is 24.1. The maximum absolute atomic E-state index is 4.46. The maximum Gasteiger partial charge on any atom is 0.0346 e. The van der Waals surface area contributed by atoms with Crippen LogP contribution in [-0.4, -0.2) is 9.97 Å². The van der Waals surface area contributed by atoms with Gasteiger partial charge in [0.1, 0.15) is 0 Å². The van der Waals surface area contributed by atoms with Crippen LogP contribution in [0.5, 0.6) is 0 Å². The minimum Gasteiger partial charge on any atom is -0.264 e. The molecule has 0 saturated heterocycles. The zero-order valence-corrected chi connectivity index (χ0v) is 24.1. The molecule has 2 heterocycles. The average Bonchev–Trinajstić information content (AvgIpc) is 3.11. The van der Waals surface area contributed by atoms with Crippen molar-refractivity contribution >= 4 is 21.5 Å². The van der Waals surface area contributed by atoms with Crippen LogP contribution in [0.2, 0.25) is 0 Å². The van der Waals surface area contributed by atoms with E-state index in [0.29, 0.717) is 0 Å². The summed E-state index contributed by atoms with van der Waals surface area (Å²) in [6, 6.07) is 52.2. The molecule has 8 aromatic rings. The Kier molecular flexibility index (Phi) is 6.51. The highest BCUT2D eigenvalue weighted by Crippen LogP contribution is 2.48. The Morgan fingerprint density at radius 1 is 0.295 bits per heavy atom. The molecule has 0 spiro atoms. The van der Waals surface area contributed by atoms with Gasteiger partial charge in [-0.3, -0.25) is 9.97 Å². The van der Waals surface area contributed by atoms with Crippen LogP contribution in [0.25, 0.3) is 77.2 Å². The predicted molar refractivity (Wildman–Crippen MR) is 184 cm³/mol. The quantitative estimate of drug-likeness (QED) is 0.196. The van der Waals surface area contributed by atoms with Gasteiger partial charge in [0, 0.05) is 35.9 Å². The van der Waals surface area contributed by atoms with Crippen molar-refractivity contribution in [3.63, 3.8) is 0 Å². The van der Waals surface area contributed by atoms with Gasteiger partial charge < -0.3 is 0 Å². The minimum atomic E-state index is 1.10. The summed E-state index contributed by atoms with van der Waals surface area (Å²) in [5, 5.41) is 4.88. The third-order valence-corrected chi connectivity index (χ3v) is 8.47. The molecule has 2 aromatic heterocycles. The third kappa shape index (κ3) is 4.45. The van der Waals surface area contributed by atoms with Crippen molar-refractivity contribution in [3.8, 4) is 55.6 Å². The second-order valence-electron chi connectivity index (χ2n) is 11.0. The van der Waals surface area contributed by atoms with Crippen molar-refractivity contribution in [1.29, 1.82) is 0 Å². The molecule has 6 aromatic carbocycles. The number of benzene rings is 6. The van der Waals surface area contributed by atoms with E-state index in [0.717, 1.165) is 11.1 Å². The molecule has 0 aliphatic rings. The first kappa shape index (κ1) is 25.8. The summed E-state index contributed by atoms with van der Waals surface area (Å²) >= 11 is 0. The summed E-state index contributed by atoms with van der Waals surface area (Å²) in [4.78, 5) is 8.91. The lowest BCUT2D eigenvalue weighted by Crippen LogP contribution is -1.95. The molecule has 0 aliphatic carbocycles. The summed E-state index contributed by atoms with van der Waals surface area (Å²) in [5.41, 5.74) is 11.8. The number of hydrogen-bond acceptors (Lipinski definition) is 2. The Bertz CT molecular complexity index is 2260. The van der Waals surface area contributed by atoms with Crippen molar-refractivity contribution in [2.24, 2.45) is 0 Å². The van der Waals surface area contributed by atoms with E-state index in [1.165, 1.54) is 66.1 Å². The zero-order chi connectivity index (χ0) is 29.3. The van der Waals surface area contributed by atoms with Gasteiger partial charge in [-0.15, -0.1) is 0 Å². The molecule has 206 valence electrons. The first-order chi connectivity index (χ1) is 21.9. The van der Waals surface area contributed by atoms with Gasteiger partial charge in [0.2, 0.25) is 0 Å². The Hall–Kier alpha value is -5.86. The molecule has 0 bridgehead atoms. The van der Waals surface area contributed by atoms with E-state index < -0.39 is 0 Å². The smallest absolute Gasteiger partial charge is 0.0346 e. The number of rotatable bonds is 5. The van der Waals surface area contributed by atoms with E-state index in [1.807, 2.05) is 36.9 Å². The van der Waals surface area contributed by atoms with E-state index in [9.17, 15) is 0 Å². The molecule has 0 aliphatic heterocycles. The van der Waals surface area contributed by atoms with Crippen LogP contribution >= 0.6 is 0 Å². The monoisotopic (exact) mass is 560 g/mol. The molecule has 2 nitrogen and oxygen atoms in total. The highest BCUT2D eigenvalue weighted by molar-refractivity contribution is 6.23. The SMILES string of the molecule is c1ccc(-c2ccc3c(-c4ccccc4-c4cccnc4)c4ccccc4c(-c4ccccc4-c4cccnc4)c3c2)cc1. The Morgan fingerprint density at radius 2 is 0.750 bits per heavy atom. The second kappa shape index (κ2) is 11.1. The van der Waals surface area contributed by atoms with Gasteiger partial charge in [-0.1, -0.05) is 127 Å². The topological polar surface area (TPSA) is 25.8 Å². The van der Waals surface area contributed by atoms with Crippen LogP contribution in [0.1, 0.15) is 0 Å². The number of hydrogen-bond donors (Lipinski definition) is 0. The van der Waals surface area contributed by atoms with Crippen molar-refractivity contribution in [2.75, 3.05) is 0 Å². The highest BCUT2D eigenvalue weighted by atomic mass is 14.6. The molecule has 0 fully saturated rings. The molecule has 0 unspecified atom stereocenters. The minimum absolute atomic E-state index is 1.10. The molecule has 0 N–H and O–H groups in total. The van der Waals surface area contributed by atoms with E-state index in [2.05, 4.69) is 143 Å². The van der Waals surface area contributed by atoms with Crippen LogP contribution in [-0.2, 0) is 0 Å². The fourth-order valence-corrected chi connectivity index (χ4v) is 6.52. The van der Waals surface area contributed by atoms with E-state index >= 15 is 0 Å². The van der Waals surface area contributed by atoms with Gasteiger partial charge >= 0.3 is 0 Å². The van der Waals surface area contributed by atoms with Crippen LogP contribution in [0.4, 0.5) is 0 Å². The molecule has 8 rings (SSSR count). The highest BCUT2D eigenvalue weighted by Gasteiger charge is 2.21. The standard InChI is InChI=1S/C42H28N2/c1-2-12-29(13-3-1)30-22-23-39-40(26-30)42(36-19-7-5-17-34(36)32-15-11-25-44-28-32)38-21-9-8-20-37(38)41(39)35-18-6-4-16-33(35)31-14-10-24-43-27-31/h1-28H. The molecule has 0 atom stereocenters. The molecular weight excluding hydrogens is 532 g/mol. The third-order valence-electron chi connectivity index (χ3n) is 8.47. The first-order valence-corrected chi connectivity index (χ1v) is 14.9. The average molecular weight is 561 g/mol. The molecule has 2 heteroatoms. The summed E-state index contributed by atoms with van der Waals surface area (Å²) in [6.45, 7) is 0. The second-order valence-corrected chi connectivity index (χ2v) is 11.0. The van der Waals surface area contributed by atoms with Crippen LogP contribution in [0.15, 0.2) is 170 Å². The number of aromatic nitrogens is 2. The van der Waals surface area contributed by atoms with Gasteiger partial charge in [0.15, 0.2) is 0 Å². The van der Waals surface area contributed by atoms with E-state index in [4.69, 9.17) is 0 Å². The fourth-order valence-electron chi connectivity index (χ4n) is 6.52. The Labute approximate surface area is 257 Å². The fraction of sp³-hybridized carbons (Fsp3) is 0. The van der Waals surface area contributed by atoms with Crippen molar-refractivity contribution in [3.05, 3.63) is 170 Å². The van der Waals surface area contributed by atoms with Crippen LogP contribution in [0, 0.1) is 0 Å². The van der Waals surface area contributed by atoms with Gasteiger partial charge in [0.25, 0.3) is 0 Å². The molecule has 0 radical (unpaired) electrons. The van der Waals surface area contributed by atoms with Crippen LogP contribution < -0.4 is 0 Å². The number of pyridine rings is 2. The lowest BCUT2D eigenvalue weighted by molar-refractivity contribution is 1.33. The summed E-state index contributed by atoms with van der Waals surface area (Å²) in [7, 11) is 0. The van der Waals surface area contributed by atoms with Crippen LogP contribution in [0.3, 0.4) is 0 Å². The van der Waals surface area contributed by atoms with Crippen molar-refractivity contribution in [2.45, 2.75) is 0 Å². The normalized spacial score (nSPS) is 11.2. The van der Waals surface area contributed by atoms with Crippen molar-refractivity contribution < 1.29 is 0 Å². The van der Waals surface area contributed by atoms with Crippen molar-refractivity contribution in [1.82, 2.24) is 9.97 Å². The van der Waals surface area contributed by atoms with Gasteiger partial charge in [-0.25, -0.2) is 0 Å². The number of nitrogens with zero attached hydrogens (tertiary/aromatic N) is 2. The van der Waals surface area contributed by atoms with E-state index in [-0.39, 0.29) is 0 Å². The Morgan fingerprint density at radius 3 is 1.30 bits per heavy atom. The van der Waals surface area contributed by atoms with E-state index in [1.54, 1.807) is 0 Å². The lowest BCUT2D eigenvalue weighted by atomic mass is 9.82. The predicted octanol–water partition coefficient (Wildman–Crippen LogP) is 11.1. The van der Waals surface area contributed by atoms with Gasteiger partial charge in [-0.2, -0.15) is 0 Å². The summed E-state index contributed by atoms with van der Waals surface area (Å²) in [6.07, 6.45) is 7.57. The van der Waals surface area contributed by atoms with Gasteiger partial charge in [-0.05, 0) is 84.3 Å². The molecule has 44 heavy (non-hydrogen) atoms. The summed E-state index contributed by atoms with van der Waals surface area (Å²) < 4.78 is 0. The largest absolute Gasteiger partial charge is 0.264 e. The molecule has 0 amide bonds. The maximum atomic E-state index is 4.46. The molecular formula is C42H28N2. The first-order valence-electron chi connectivity index (χ1n) is 14.9. The lowest BCUT2D eigenvalue weighted by Gasteiger charge is -2.21. The van der Waals surface area contributed by atoms with Gasteiger partial charge in [0.05, 0.1) is 0 Å². The molecule has 0 saturated carbocycles.